The van der Waals surface area contributed by atoms with Crippen molar-refractivity contribution in [2.45, 2.75) is 239 Å². The van der Waals surface area contributed by atoms with Gasteiger partial charge in [0.05, 0.1) is 0 Å². The zero-order valence-corrected chi connectivity index (χ0v) is 31.8. The number of amides is 2. The van der Waals surface area contributed by atoms with Crippen LogP contribution in [0.5, 0.6) is 0 Å². The van der Waals surface area contributed by atoms with Gasteiger partial charge in [0.25, 0.3) is 0 Å². The molecule has 0 saturated heterocycles. The Hall–Kier alpha value is -1.06. The molecule has 0 heterocycles. The SMILES string of the molecule is CCCCCCCCCCCCCC(CCCC)N(C)C(=O)CC(=O)N(C)C(CCCC)CCCCCCCCCCCCC. The monoisotopic (exact) mass is 635 g/mol. The van der Waals surface area contributed by atoms with Crippen LogP contribution in [-0.2, 0) is 9.59 Å². The molecule has 0 aliphatic rings. The fourth-order valence-corrected chi connectivity index (χ4v) is 6.82. The molecule has 0 aliphatic carbocycles. The normalized spacial score (nSPS) is 12.8. The molecule has 2 amide bonds. The van der Waals surface area contributed by atoms with Crippen molar-refractivity contribution in [1.29, 1.82) is 0 Å². The molecular formula is C41H82N2O2. The van der Waals surface area contributed by atoms with Gasteiger partial charge in [-0.2, -0.15) is 0 Å². The fourth-order valence-electron chi connectivity index (χ4n) is 6.82. The first-order valence-electron chi connectivity index (χ1n) is 20.4. The Bertz CT molecular complexity index is 597. The van der Waals surface area contributed by atoms with E-state index in [1.807, 2.05) is 23.9 Å². The van der Waals surface area contributed by atoms with E-state index in [2.05, 4.69) is 27.7 Å². The molecule has 0 saturated carbocycles. The first-order chi connectivity index (χ1) is 21.9. The summed E-state index contributed by atoms with van der Waals surface area (Å²) in [6.07, 6.45) is 38.5. The van der Waals surface area contributed by atoms with Crippen LogP contribution in [0.3, 0.4) is 0 Å². The minimum atomic E-state index is 0.0139. The van der Waals surface area contributed by atoms with E-state index in [0.29, 0.717) is 0 Å². The minimum absolute atomic E-state index is 0.0139. The standard InChI is InChI=1S/C41H82N2O2/c1-7-11-15-17-19-21-23-25-27-29-31-35-38(33-13-9-3)42(5)40(44)37-41(45)43(6)39(34-14-10-4)36-32-30-28-26-24-22-20-18-16-12-8-2/h38-39H,7-37H2,1-6H3. The Labute approximate surface area is 283 Å². The third-order valence-corrected chi connectivity index (χ3v) is 10.2. The molecule has 0 N–H and O–H groups in total. The molecule has 0 radical (unpaired) electrons. The lowest BCUT2D eigenvalue weighted by Crippen LogP contribution is -2.43. The average molecular weight is 635 g/mol. The van der Waals surface area contributed by atoms with Gasteiger partial charge in [0, 0.05) is 26.2 Å². The van der Waals surface area contributed by atoms with Crippen LogP contribution in [0.15, 0.2) is 0 Å². The average Bonchev–Trinajstić information content (AvgIpc) is 3.04. The first-order valence-corrected chi connectivity index (χ1v) is 20.4. The van der Waals surface area contributed by atoms with E-state index in [1.54, 1.807) is 0 Å². The molecule has 4 nitrogen and oxygen atoms in total. The van der Waals surface area contributed by atoms with Crippen LogP contribution >= 0.6 is 0 Å². The van der Waals surface area contributed by atoms with E-state index < -0.39 is 0 Å². The lowest BCUT2D eigenvalue weighted by molar-refractivity contribution is -0.141. The van der Waals surface area contributed by atoms with Crippen LogP contribution in [0.1, 0.15) is 227 Å². The van der Waals surface area contributed by atoms with Crippen LogP contribution in [-0.4, -0.2) is 47.8 Å². The van der Waals surface area contributed by atoms with Gasteiger partial charge in [-0.1, -0.05) is 195 Å². The molecule has 0 bridgehead atoms. The van der Waals surface area contributed by atoms with Gasteiger partial charge in [0.1, 0.15) is 6.42 Å². The van der Waals surface area contributed by atoms with Crippen LogP contribution in [0.4, 0.5) is 0 Å². The van der Waals surface area contributed by atoms with E-state index in [9.17, 15) is 9.59 Å². The number of hydrogen-bond acceptors (Lipinski definition) is 2. The molecule has 0 aromatic carbocycles. The maximum absolute atomic E-state index is 13.3. The molecule has 0 rings (SSSR count). The molecule has 0 aromatic heterocycles. The third kappa shape index (κ3) is 25.7. The van der Waals surface area contributed by atoms with Gasteiger partial charge in [-0.25, -0.2) is 0 Å². The van der Waals surface area contributed by atoms with Gasteiger partial charge in [-0.05, 0) is 25.7 Å². The van der Waals surface area contributed by atoms with Crippen molar-refractivity contribution in [2.24, 2.45) is 0 Å². The molecule has 45 heavy (non-hydrogen) atoms. The molecule has 0 aliphatic heterocycles. The highest BCUT2D eigenvalue weighted by Crippen LogP contribution is 2.21. The van der Waals surface area contributed by atoms with Crippen molar-refractivity contribution in [2.75, 3.05) is 14.1 Å². The molecule has 268 valence electrons. The van der Waals surface area contributed by atoms with E-state index in [-0.39, 0.29) is 30.3 Å². The van der Waals surface area contributed by atoms with E-state index >= 15 is 0 Å². The Morgan fingerprint density at radius 3 is 0.844 bits per heavy atom. The van der Waals surface area contributed by atoms with Gasteiger partial charge in [0.15, 0.2) is 0 Å². The second-order valence-electron chi connectivity index (χ2n) is 14.4. The summed E-state index contributed by atoms with van der Waals surface area (Å²) in [5, 5.41) is 0. The summed E-state index contributed by atoms with van der Waals surface area (Å²) in [4.78, 5) is 30.5. The summed E-state index contributed by atoms with van der Waals surface area (Å²) in [7, 11) is 3.91. The number of carbonyl (C=O) groups is 2. The second-order valence-corrected chi connectivity index (χ2v) is 14.4. The summed E-state index contributed by atoms with van der Waals surface area (Å²) in [6, 6.07) is 0.530. The van der Waals surface area contributed by atoms with Gasteiger partial charge >= 0.3 is 0 Å². The van der Waals surface area contributed by atoms with Gasteiger partial charge in [-0.15, -0.1) is 0 Å². The largest absolute Gasteiger partial charge is 0.342 e. The first kappa shape index (κ1) is 43.9. The van der Waals surface area contributed by atoms with Gasteiger partial charge < -0.3 is 9.80 Å². The maximum Gasteiger partial charge on any atom is 0.232 e. The van der Waals surface area contributed by atoms with Crippen LogP contribution < -0.4 is 0 Å². The van der Waals surface area contributed by atoms with E-state index in [1.165, 1.54) is 141 Å². The molecule has 0 aromatic rings. The summed E-state index contributed by atoms with van der Waals surface area (Å²) >= 11 is 0. The minimum Gasteiger partial charge on any atom is -0.342 e. The number of rotatable bonds is 34. The van der Waals surface area contributed by atoms with Crippen molar-refractivity contribution >= 4 is 11.8 Å². The number of hydrogen-bond donors (Lipinski definition) is 0. The molecule has 0 spiro atoms. The lowest BCUT2D eigenvalue weighted by Gasteiger charge is -2.31. The number of carbonyl (C=O) groups excluding carboxylic acids is 2. The summed E-state index contributed by atoms with van der Waals surface area (Å²) in [5.74, 6) is 0.0277. The topological polar surface area (TPSA) is 40.6 Å². The number of unbranched alkanes of at least 4 members (excludes halogenated alkanes) is 22. The quantitative estimate of drug-likeness (QED) is 0.0522. The Kier molecular flexibility index (Phi) is 32.1. The van der Waals surface area contributed by atoms with Crippen molar-refractivity contribution in [3.8, 4) is 0 Å². The molecule has 2 atom stereocenters. The lowest BCUT2D eigenvalue weighted by atomic mass is 9.99. The fraction of sp³-hybridized carbons (Fsp3) is 0.951. The highest BCUT2D eigenvalue weighted by atomic mass is 16.2. The summed E-state index contributed by atoms with van der Waals surface area (Å²) in [6.45, 7) is 9.02. The number of nitrogens with zero attached hydrogens (tertiary/aromatic N) is 2. The predicted octanol–water partition coefficient (Wildman–Crippen LogP) is 12.8. The smallest absolute Gasteiger partial charge is 0.232 e. The van der Waals surface area contributed by atoms with Crippen molar-refractivity contribution in [3.05, 3.63) is 0 Å². The molecule has 4 heteroatoms. The van der Waals surface area contributed by atoms with Crippen LogP contribution in [0.25, 0.3) is 0 Å². The molecular weight excluding hydrogens is 552 g/mol. The summed E-state index contributed by atoms with van der Waals surface area (Å²) in [5.41, 5.74) is 0. The van der Waals surface area contributed by atoms with Gasteiger partial charge in [0.2, 0.25) is 11.8 Å². The van der Waals surface area contributed by atoms with Gasteiger partial charge in [-0.3, -0.25) is 9.59 Å². The zero-order valence-electron chi connectivity index (χ0n) is 31.8. The van der Waals surface area contributed by atoms with Crippen molar-refractivity contribution in [3.63, 3.8) is 0 Å². The van der Waals surface area contributed by atoms with Crippen molar-refractivity contribution < 1.29 is 9.59 Å². The van der Waals surface area contributed by atoms with Crippen LogP contribution in [0, 0.1) is 0 Å². The zero-order chi connectivity index (χ0) is 33.4. The van der Waals surface area contributed by atoms with Crippen molar-refractivity contribution in [1.82, 2.24) is 9.80 Å². The highest BCUT2D eigenvalue weighted by molar-refractivity contribution is 5.96. The van der Waals surface area contributed by atoms with E-state index in [4.69, 9.17) is 0 Å². The Morgan fingerprint density at radius 2 is 0.578 bits per heavy atom. The molecule has 2 unspecified atom stereocenters. The predicted molar refractivity (Wildman–Crippen MR) is 199 cm³/mol. The second kappa shape index (κ2) is 32.9. The molecule has 0 fully saturated rings. The Balaban J connectivity index is 4.51. The highest BCUT2D eigenvalue weighted by Gasteiger charge is 2.25. The summed E-state index contributed by atoms with van der Waals surface area (Å²) < 4.78 is 0. The third-order valence-electron chi connectivity index (χ3n) is 10.2. The van der Waals surface area contributed by atoms with E-state index in [0.717, 1.165) is 51.4 Å². The Morgan fingerprint density at radius 1 is 0.356 bits per heavy atom. The maximum atomic E-state index is 13.3. The van der Waals surface area contributed by atoms with Crippen LogP contribution in [0.2, 0.25) is 0 Å².